The summed E-state index contributed by atoms with van der Waals surface area (Å²) in [5.41, 5.74) is 0.883. The van der Waals surface area contributed by atoms with Gasteiger partial charge < -0.3 is 14.3 Å². The molecule has 0 saturated heterocycles. The summed E-state index contributed by atoms with van der Waals surface area (Å²) in [5, 5.41) is 8.87. The molecule has 2 aromatic rings. The van der Waals surface area contributed by atoms with E-state index >= 15 is 0 Å². The maximum atomic E-state index is 10.8. The fourth-order valence-electron chi connectivity index (χ4n) is 1.66. The van der Waals surface area contributed by atoms with Crippen LogP contribution in [0.25, 0.3) is 0 Å². The summed E-state index contributed by atoms with van der Waals surface area (Å²) >= 11 is 1.59. The maximum absolute atomic E-state index is 10.8. The van der Waals surface area contributed by atoms with Gasteiger partial charge in [0.05, 0.1) is 7.11 Å². The first-order chi connectivity index (χ1) is 9.11. The highest BCUT2D eigenvalue weighted by Crippen LogP contribution is 2.32. The Bertz CT molecular complexity index is 589. The minimum atomic E-state index is -1.04. The molecule has 19 heavy (non-hydrogen) atoms. The first-order valence-corrected chi connectivity index (χ1v) is 6.69. The zero-order valence-corrected chi connectivity index (χ0v) is 11.5. The molecule has 1 heterocycles. The maximum Gasteiger partial charge on any atom is 0.371 e. The molecule has 1 N–H and O–H groups in total. The Kier molecular flexibility index (Phi) is 4.16. The Balaban J connectivity index is 2.12. The van der Waals surface area contributed by atoms with Crippen molar-refractivity contribution in [2.45, 2.75) is 17.6 Å². The van der Waals surface area contributed by atoms with Crippen LogP contribution in [-0.2, 0) is 5.75 Å². The van der Waals surface area contributed by atoms with E-state index in [-0.39, 0.29) is 5.76 Å². The molecule has 0 atom stereocenters. The molecule has 100 valence electrons. The van der Waals surface area contributed by atoms with Crippen molar-refractivity contribution in [3.8, 4) is 5.75 Å². The monoisotopic (exact) mass is 278 g/mol. The van der Waals surface area contributed by atoms with E-state index in [1.165, 1.54) is 0 Å². The van der Waals surface area contributed by atoms with Crippen LogP contribution in [0.5, 0.6) is 5.75 Å². The molecule has 2 rings (SSSR count). The number of para-hydroxylation sites is 1. The second kappa shape index (κ2) is 5.84. The van der Waals surface area contributed by atoms with Gasteiger partial charge in [0.1, 0.15) is 11.5 Å². The smallest absolute Gasteiger partial charge is 0.371 e. The van der Waals surface area contributed by atoms with Gasteiger partial charge >= 0.3 is 5.97 Å². The van der Waals surface area contributed by atoms with E-state index in [9.17, 15) is 4.79 Å². The van der Waals surface area contributed by atoms with Crippen LogP contribution in [0.1, 0.15) is 21.9 Å². The van der Waals surface area contributed by atoms with E-state index in [1.807, 2.05) is 24.3 Å². The second-order valence-electron chi connectivity index (χ2n) is 3.94. The molecular formula is C14H14O4S. The largest absolute Gasteiger partial charge is 0.496 e. The van der Waals surface area contributed by atoms with E-state index in [0.29, 0.717) is 11.5 Å². The van der Waals surface area contributed by atoms with Crippen molar-refractivity contribution in [3.63, 3.8) is 0 Å². The predicted octanol–water partition coefficient (Wildman–Crippen LogP) is 3.59. The van der Waals surface area contributed by atoms with E-state index < -0.39 is 5.97 Å². The van der Waals surface area contributed by atoms with Gasteiger partial charge in [-0.15, -0.1) is 11.8 Å². The van der Waals surface area contributed by atoms with Gasteiger partial charge in [0.2, 0.25) is 5.76 Å². The standard InChI is InChI=1S/C14H14O4S/c1-9-10(7-12(18-9)14(15)16)8-19-13-6-4-3-5-11(13)17-2/h3-7H,8H2,1-2H3,(H,15,16). The Morgan fingerprint density at radius 2 is 2.16 bits per heavy atom. The van der Waals surface area contributed by atoms with Gasteiger partial charge in [-0.05, 0) is 25.1 Å². The molecule has 1 aromatic heterocycles. The summed E-state index contributed by atoms with van der Waals surface area (Å²) < 4.78 is 10.4. The van der Waals surface area contributed by atoms with Gasteiger partial charge in [-0.25, -0.2) is 4.79 Å². The van der Waals surface area contributed by atoms with Crippen LogP contribution < -0.4 is 4.74 Å². The van der Waals surface area contributed by atoms with Crippen LogP contribution in [0, 0.1) is 6.92 Å². The van der Waals surface area contributed by atoms with Crippen molar-refractivity contribution in [1.29, 1.82) is 0 Å². The quantitative estimate of drug-likeness (QED) is 0.847. The average Bonchev–Trinajstić information content (AvgIpc) is 2.78. The summed E-state index contributed by atoms with van der Waals surface area (Å²) in [4.78, 5) is 11.8. The Hall–Kier alpha value is -1.88. The summed E-state index contributed by atoms with van der Waals surface area (Å²) in [7, 11) is 1.63. The predicted molar refractivity (Wildman–Crippen MR) is 73.0 cm³/mol. The number of hydrogen-bond acceptors (Lipinski definition) is 4. The number of benzene rings is 1. The third kappa shape index (κ3) is 3.12. The topological polar surface area (TPSA) is 59.7 Å². The van der Waals surface area contributed by atoms with E-state index in [0.717, 1.165) is 16.2 Å². The van der Waals surface area contributed by atoms with Crippen molar-refractivity contribution in [3.05, 3.63) is 47.4 Å². The first kappa shape index (κ1) is 13.5. The molecule has 0 aliphatic heterocycles. The van der Waals surface area contributed by atoms with Crippen LogP contribution in [-0.4, -0.2) is 18.2 Å². The van der Waals surface area contributed by atoms with Crippen LogP contribution in [0.3, 0.4) is 0 Å². The molecule has 0 amide bonds. The van der Waals surface area contributed by atoms with Crippen LogP contribution in [0.4, 0.5) is 0 Å². The lowest BCUT2D eigenvalue weighted by atomic mass is 10.3. The molecule has 0 unspecified atom stereocenters. The van der Waals surface area contributed by atoms with Gasteiger partial charge in [0.25, 0.3) is 0 Å². The number of thioether (sulfide) groups is 1. The van der Waals surface area contributed by atoms with E-state index in [4.69, 9.17) is 14.3 Å². The number of methoxy groups -OCH3 is 1. The number of carboxylic acids is 1. The fourth-order valence-corrected chi connectivity index (χ4v) is 2.73. The summed E-state index contributed by atoms with van der Waals surface area (Å²) in [5.74, 6) is 1.03. The molecule has 0 spiro atoms. The molecule has 0 radical (unpaired) electrons. The fraction of sp³-hybridized carbons (Fsp3) is 0.214. The van der Waals surface area contributed by atoms with Gasteiger partial charge in [-0.3, -0.25) is 0 Å². The van der Waals surface area contributed by atoms with E-state index in [2.05, 4.69) is 0 Å². The van der Waals surface area contributed by atoms with Crippen molar-refractivity contribution >= 4 is 17.7 Å². The zero-order chi connectivity index (χ0) is 13.8. The Morgan fingerprint density at radius 3 is 2.79 bits per heavy atom. The highest BCUT2D eigenvalue weighted by Gasteiger charge is 2.13. The minimum absolute atomic E-state index is 0.0203. The number of carbonyl (C=O) groups is 1. The Morgan fingerprint density at radius 1 is 1.42 bits per heavy atom. The SMILES string of the molecule is COc1ccccc1SCc1cc(C(=O)O)oc1C. The Labute approximate surface area is 115 Å². The van der Waals surface area contributed by atoms with Gasteiger partial charge in [0.15, 0.2) is 0 Å². The van der Waals surface area contributed by atoms with Crippen molar-refractivity contribution < 1.29 is 19.1 Å². The number of hydrogen-bond donors (Lipinski definition) is 1. The molecule has 1 aromatic carbocycles. The van der Waals surface area contributed by atoms with E-state index in [1.54, 1.807) is 31.9 Å². The number of rotatable bonds is 5. The third-order valence-corrected chi connectivity index (χ3v) is 3.79. The van der Waals surface area contributed by atoms with Crippen LogP contribution >= 0.6 is 11.8 Å². The lowest BCUT2D eigenvalue weighted by molar-refractivity contribution is 0.0661. The molecule has 0 fully saturated rings. The number of furan rings is 1. The highest BCUT2D eigenvalue weighted by molar-refractivity contribution is 7.98. The average molecular weight is 278 g/mol. The zero-order valence-electron chi connectivity index (χ0n) is 10.7. The molecular weight excluding hydrogens is 264 g/mol. The normalized spacial score (nSPS) is 10.4. The number of ether oxygens (including phenoxy) is 1. The minimum Gasteiger partial charge on any atom is -0.496 e. The number of aromatic carboxylic acids is 1. The molecule has 0 aliphatic carbocycles. The summed E-state index contributed by atoms with van der Waals surface area (Å²) in [6, 6.07) is 9.29. The van der Waals surface area contributed by atoms with Gasteiger partial charge in [0, 0.05) is 16.2 Å². The molecule has 4 nitrogen and oxygen atoms in total. The summed E-state index contributed by atoms with van der Waals surface area (Å²) in [6.07, 6.45) is 0. The lowest BCUT2D eigenvalue weighted by Gasteiger charge is -2.06. The second-order valence-corrected chi connectivity index (χ2v) is 4.95. The molecule has 5 heteroatoms. The van der Waals surface area contributed by atoms with Crippen LogP contribution in [0.15, 0.2) is 39.6 Å². The molecule has 0 bridgehead atoms. The van der Waals surface area contributed by atoms with Crippen LogP contribution in [0.2, 0.25) is 0 Å². The molecule has 0 aliphatic rings. The number of carboxylic acid groups (broad SMARTS) is 1. The van der Waals surface area contributed by atoms with Crippen molar-refractivity contribution in [2.24, 2.45) is 0 Å². The third-order valence-electron chi connectivity index (χ3n) is 2.68. The summed E-state index contributed by atoms with van der Waals surface area (Å²) in [6.45, 7) is 1.77. The van der Waals surface area contributed by atoms with Crippen molar-refractivity contribution in [2.75, 3.05) is 7.11 Å². The van der Waals surface area contributed by atoms with Crippen molar-refractivity contribution in [1.82, 2.24) is 0 Å². The number of aryl methyl sites for hydroxylation is 1. The lowest BCUT2D eigenvalue weighted by Crippen LogP contribution is -1.91. The highest BCUT2D eigenvalue weighted by atomic mass is 32.2. The van der Waals surface area contributed by atoms with Gasteiger partial charge in [-0.2, -0.15) is 0 Å². The molecule has 0 saturated carbocycles. The van der Waals surface area contributed by atoms with Gasteiger partial charge in [-0.1, -0.05) is 12.1 Å². The first-order valence-electron chi connectivity index (χ1n) is 5.70.